The molecule has 0 aliphatic rings. The van der Waals surface area contributed by atoms with Crippen LogP contribution in [0.25, 0.3) is 16.7 Å². The molecule has 3 rings (SSSR count). The maximum absolute atomic E-state index is 13.8. The highest BCUT2D eigenvalue weighted by molar-refractivity contribution is 5.79. The second-order valence-electron chi connectivity index (χ2n) is 4.56. The lowest BCUT2D eigenvalue weighted by atomic mass is 10.2. The van der Waals surface area contributed by atoms with Gasteiger partial charge in [-0.1, -0.05) is 0 Å². The van der Waals surface area contributed by atoms with E-state index in [1.54, 1.807) is 36.0 Å². The quantitative estimate of drug-likeness (QED) is 0.781. The number of pyridine rings is 1. The minimum Gasteiger partial charge on any atom is -0.322 e. The molecule has 1 atom stereocenters. The highest BCUT2D eigenvalue weighted by Gasteiger charge is 2.18. The van der Waals surface area contributed by atoms with Crippen LogP contribution in [0, 0.1) is 11.6 Å². The van der Waals surface area contributed by atoms with Gasteiger partial charge in [-0.05, 0) is 19.1 Å². The van der Waals surface area contributed by atoms with Gasteiger partial charge in [-0.3, -0.25) is 9.55 Å². The summed E-state index contributed by atoms with van der Waals surface area (Å²) in [6.45, 7) is 1.74. The topological polar surface area (TPSA) is 56.7 Å². The Balaban J connectivity index is 2.41. The molecule has 0 aliphatic carbocycles. The van der Waals surface area contributed by atoms with Gasteiger partial charge in [0.15, 0.2) is 5.82 Å². The molecule has 4 nitrogen and oxygen atoms in total. The third-order valence-corrected chi connectivity index (χ3v) is 3.02. The standard InChI is InChI=1S/C14H12F2N4/c1-8(17)14-19-13-11(16)5-9(15)6-12(13)20(14)10-3-2-4-18-7-10/h2-8H,17H2,1H3. The van der Waals surface area contributed by atoms with Crippen LogP contribution in [0.2, 0.25) is 0 Å². The van der Waals surface area contributed by atoms with Crippen molar-refractivity contribution in [1.29, 1.82) is 0 Å². The van der Waals surface area contributed by atoms with Crippen molar-refractivity contribution in [1.82, 2.24) is 14.5 Å². The number of nitrogens with two attached hydrogens (primary N) is 1. The Labute approximate surface area is 113 Å². The van der Waals surface area contributed by atoms with Gasteiger partial charge in [0.05, 0.1) is 23.4 Å². The summed E-state index contributed by atoms with van der Waals surface area (Å²) < 4.78 is 28.9. The fourth-order valence-electron chi connectivity index (χ4n) is 2.18. The summed E-state index contributed by atoms with van der Waals surface area (Å²) in [5.74, 6) is -0.904. The van der Waals surface area contributed by atoms with Gasteiger partial charge in [0.2, 0.25) is 0 Å². The van der Waals surface area contributed by atoms with E-state index in [2.05, 4.69) is 9.97 Å². The molecule has 2 heterocycles. The smallest absolute Gasteiger partial charge is 0.153 e. The first-order chi connectivity index (χ1) is 9.58. The lowest BCUT2D eigenvalue weighted by molar-refractivity contribution is 0.590. The zero-order valence-corrected chi connectivity index (χ0v) is 10.7. The summed E-state index contributed by atoms with van der Waals surface area (Å²) in [6.07, 6.45) is 3.21. The molecule has 102 valence electrons. The maximum atomic E-state index is 13.8. The first kappa shape index (κ1) is 12.7. The van der Waals surface area contributed by atoms with Gasteiger partial charge in [0.25, 0.3) is 0 Å². The summed E-state index contributed by atoms with van der Waals surface area (Å²) in [5.41, 5.74) is 6.98. The number of hydrogen-bond acceptors (Lipinski definition) is 3. The molecule has 0 saturated heterocycles. The van der Waals surface area contributed by atoms with Crippen LogP contribution in [0.5, 0.6) is 0 Å². The number of fused-ring (bicyclic) bond motifs is 1. The largest absolute Gasteiger partial charge is 0.322 e. The molecule has 6 heteroatoms. The molecule has 1 unspecified atom stereocenters. The summed E-state index contributed by atoms with van der Waals surface area (Å²) >= 11 is 0. The average Bonchev–Trinajstić information content (AvgIpc) is 2.79. The minimum atomic E-state index is -0.704. The average molecular weight is 274 g/mol. The molecular weight excluding hydrogens is 262 g/mol. The molecule has 0 aliphatic heterocycles. The second-order valence-corrected chi connectivity index (χ2v) is 4.56. The Morgan fingerprint density at radius 2 is 2.10 bits per heavy atom. The van der Waals surface area contributed by atoms with Crippen LogP contribution in [-0.2, 0) is 0 Å². The van der Waals surface area contributed by atoms with Crippen LogP contribution in [-0.4, -0.2) is 14.5 Å². The molecule has 0 amide bonds. The summed E-state index contributed by atoms with van der Waals surface area (Å²) in [4.78, 5) is 8.21. The van der Waals surface area contributed by atoms with E-state index in [9.17, 15) is 8.78 Å². The monoisotopic (exact) mass is 274 g/mol. The number of nitrogens with zero attached hydrogens (tertiary/aromatic N) is 3. The van der Waals surface area contributed by atoms with Crippen molar-refractivity contribution in [3.63, 3.8) is 0 Å². The lowest BCUT2D eigenvalue weighted by Gasteiger charge is -2.10. The number of hydrogen-bond donors (Lipinski definition) is 1. The van der Waals surface area contributed by atoms with Crippen LogP contribution in [0.1, 0.15) is 18.8 Å². The van der Waals surface area contributed by atoms with Crippen LogP contribution in [0.3, 0.4) is 0 Å². The van der Waals surface area contributed by atoms with E-state index >= 15 is 0 Å². The van der Waals surface area contributed by atoms with E-state index in [1.165, 1.54) is 6.07 Å². The fourth-order valence-corrected chi connectivity index (χ4v) is 2.18. The molecule has 2 aromatic heterocycles. The number of halogens is 2. The van der Waals surface area contributed by atoms with Crippen molar-refractivity contribution in [2.75, 3.05) is 0 Å². The summed E-state index contributed by atoms with van der Waals surface area (Å²) in [7, 11) is 0. The Kier molecular flexibility index (Phi) is 2.94. The predicted molar refractivity (Wildman–Crippen MR) is 71.4 cm³/mol. The van der Waals surface area contributed by atoms with Crippen molar-refractivity contribution < 1.29 is 8.78 Å². The van der Waals surface area contributed by atoms with Gasteiger partial charge >= 0.3 is 0 Å². The maximum Gasteiger partial charge on any atom is 0.153 e. The SMILES string of the molecule is CC(N)c1nc2c(F)cc(F)cc2n1-c1cccnc1. The third kappa shape index (κ3) is 1.94. The molecule has 0 radical (unpaired) electrons. The highest BCUT2D eigenvalue weighted by atomic mass is 19.1. The van der Waals surface area contributed by atoms with E-state index in [0.29, 0.717) is 17.0 Å². The zero-order chi connectivity index (χ0) is 14.3. The van der Waals surface area contributed by atoms with Crippen molar-refractivity contribution >= 4 is 11.0 Å². The van der Waals surface area contributed by atoms with Crippen LogP contribution in [0.15, 0.2) is 36.7 Å². The first-order valence-corrected chi connectivity index (χ1v) is 6.11. The van der Waals surface area contributed by atoms with E-state index in [1.807, 2.05) is 0 Å². The van der Waals surface area contributed by atoms with Crippen molar-refractivity contribution in [2.24, 2.45) is 5.73 Å². The van der Waals surface area contributed by atoms with E-state index in [4.69, 9.17) is 5.73 Å². The molecule has 0 saturated carbocycles. The molecule has 2 N–H and O–H groups in total. The highest BCUT2D eigenvalue weighted by Crippen LogP contribution is 2.26. The van der Waals surface area contributed by atoms with Gasteiger partial charge < -0.3 is 5.73 Å². The summed E-state index contributed by atoms with van der Waals surface area (Å²) in [6, 6.07) is 5.15. The van der Waals surface area contributed by atoms with E-state index < -0.39 is 17.7 Å². The normalized spacial score (nSPS) is 12.8. The molecule has 3 aromatic rings. The van der Waals surface area contributed by atoms with Crippen molar-refractivity contribution in [2.45, 2.75) is 13.0 Å². The number of rotatable bonds is 2. The Bertz CT molecular complexity index is 766. The molecule has 1 aromatic carbocycles. The van der Waals surface area contributed by atoms with Gasteiger partial charge in [-0.15, -0.1) is 0 Å². The molecule has 0 bridgehead atoms. The number of aromatic nitrogens is 3. The molecular formula is C14H12F2N4. The van der Waals surface area contributed by atoms with Gasteiger partial charge in [-0.2, -0.15) is 0 Å². The van der Waals surface area contributed by atoms with Crippen molar-refractivity contribution in [3.8, 4) is 5.69 Å². The Morgan fingerprint density at radius 1 is 1.30 bits per heavy atom. The number of benzene rings is 1. The Hall–Kier alpha value is -2.34. The van der Waals surface area contributed by atoms with E-state index in [-0.39, 0.29) is 5.52 Å². The van der Waals surface area contributed by atoms with Gasteiger partial charge in [-0.25, -0.2) is 13.8 Å². The third-order valence-electron chi connectivity index (χ3n) is 3.02. The van der Waals surface area contributed by atoms with Crippen molar-refractivity contribution in [3.05, 3.63) is 54.1 Å². The fraction of sp³-hybridized carbons (Fsp3) is 0.143. The van der Waals surface area contributed by atoms with Crippen LogP contribution < -0.4 is 5.73 Å². The predicted octanol–water partition coefficient (Wildman–Crippen LogP) is 2.72. The van der Waals surface area contributed by atoms with Crippen LogP contribution in [0.4, 0.5) is 8.78 Å². The summed E-state index contributed by atoms with van der Waals surface area (Å²) in [5, 5.41) is 0. The van der Waals surface area contributed by atoms with Crippen LogP contribution >= 0.6 is 0 Å². The minimum absolute atomic E-state index is 0.0996. The molecule has 0 spiro atoms. The van der Waals surface area contributed by atoms with Gasteiger partial charge in [0.1, 0.15) is 17.2 Å². The van der Waals surface area contributed by atoms with Gasteiger partial charge in [0, 0.05) is 18.3 Å². The lowest BCUT2D eigenvalue weighted by Crippen LogP contribution is -2.12. The van der Waals surface area contributed by atoms with E-state index in [0.717, 1.165) is 6.07 Å². The number of imidazole rings is 1. The Morgan fingerprint density at radius 3 is 2.75 bits per heavy atom. The zero-order valence-electron chi connectivity index (χ0n) is 10.7. The molecule has 20 heavy (non-hydrogen) atoms. The second kappa shape index (κ2) is 4.64. The molecule has 0 fully saturated rings. The first-order valence-electron chi connectivity index (χ1n) is 6.11.